The molecule has 1 rings (SSSR count). The quantitative estimate of drug-likeness (QED) is 0.691. The average molecular weight is 230 g/mol. The zero-order valence-corrected chi connectivity index (χ0v) is 8.24. The molecule has 0 aromatic carbocycles. The Morgan fingerprint density at radius 1 is 1.36 bits per heavy atom. The summed E-state index contributed by atoms with van der Waals surface area (Å²) in [5, 5.41) is -1.32. The second-order valence-corrected chi connectivity index (χ2v) is 3.78. The summed E-state index contributed by atoms with van der Waals surface area (Å²) in [6, 6.07) is 0. The molecule has 0 amide bonds. The fraction of sp³-hybridized carbons (Fsp3) is 0.875. The summed E-state index contributed by atoms with van der Waals surface area (Å²) in [5.74, 6) is -2.04. The highest BCUT2D eigenvalue weighted by atomic mass is 35.5. The first-order chi connectivity index (χ1) is 6.41. The first-order valence-corrected chi connectivity index (χ1v) is 4.77. The van der Waals surface area contributed by atoms with Crippen LogP contribution < -0.4 is 0 Å². The second kappa shape index (κ2) is 4.49. The van der Waals surface area contributed by atoms with Gasteiger partial charge in [0, 0.05) is 6.54 Å². The van der Waals surface area contributed by atoms with Gasteiger partial charge in [-0.15, -0.1) is 0 Å². The number of alkyl halides is 3. The minimum atomic E-state index is -4.53. The molecule has 0 N–H and O–H groups in total. The van der Waals surface area contributed by atoms with Gasteiger partial charge >= 0.3 is 6.18 Å². The van der Waals surface area contributed by atoms with E-state index in [4.69, 9.17) is 11.6 Å². The van der Waals surface area contributed by atoms with Crippen LogP contribution in [-0.2, 0) is 4.79 Å². The molecule has 82 valence electrons. The smallest absolute Gasteiger partial charge is 0.302 e. The van der Waals surface area contributed by atoms with Crippen LogP contribution in [0.25, 0.3) is 0 Å². The Kier molecular flexibility index (Phi) is 3.78. The number of hydrogen-bond donors (Lipinski definition) is 0. The fourth-order valence-corrected chi connectivity index (χ4v) is 1.72. The lowest BCUT2D eigenvalue weighted by Crippen LogP contribution is -2.38. The van der Waals surface area contributed by atoms with Gasteiger partial charge in [0.1, 0.15) is 5.92 Å². The topological polar surface area (TPSA) is 20.3 Å². The summed E-state index contributed by atoms with van der Waals surface area (Å²) in [6.07, 6.45) is -2.75. The number of rotatable bonds is 3. The number of halogens is 4. The normalized spacial score (nSPS) is 21.1. The molecule has 1 saturated heterocycles. The second-order valence-electron chi connectivity index (χ2n) is 3.41. The van der Waals surface area contributed by atoms with Crippen molar-refractivity contribution in [2.45, 2.75) is 19.0 Å². The lowest BCUT2D eigenvalue weighted by molar-refractivity contribution is -0.179. The Morgan fingerprint density at radius 2 is 1.86 bits per heavy atom. The third-order valence-corrected chi connectivity index (χ3v) is 2.57. The van der Waals surface area contributed by atoms with Crippen LogP contribution >= 0.6 is 11.6 Å². The maximum absolute atomic E-state index is 12.3. The monoisotopic (exact) mass is 229 g/mol. The van der Waals surface area contributed by atoms with Crippen molar-refractivity contribution in [2.75, 3.05) is 19.6 Å². The first kappa shape index (κ1) is 11.8. The van der Waals surface area contributed by atoms with Crippen LogP contribution in [-0.4, -0.2) is 36.0 Å². The van der Waals surface area contributed by atoms with E-state index in [-0.39, 0.29) is 6.54 Å². The van der Waals surface area contributed by atoms with Crippen LogP contribution in [0.15, 0.2) is 0 Å². The number of hydrogen-bond acceptors (Lipinski definition) is 2. The minimum Gasteiger partial charge on any atom is -0.302 e. The van der Waals surface area contributed by atoms with E-state index in [2.05, 4.69) is 0 Å². The van der Waals surface area contributed by atoms with Crippen molar-refractivity contribution in [1.82, 2.24) is 4.90 Å². The Bertz CT molecular complexity index is 213. The van der Waals surface area contributed by atoms with Gasteiger partial charge in [0.05, 0.1) is 0 Å². The highest BCUT2D eigenvalue weighted by Gasteiger charge is 2.45. The Hall–Kier alpha value is -0.290. The molecule has 0 bridgehead atoms. The summed E-state index contributed by atoms with van der Waals surface area (Å²) < 4.78 is 36.9. The molecular formula is C8H11ClF3NO. The largest absolute Gasteiger partial charge is 0.401 e. The lowest BCUT2D eigenvalue weighted by atomic mass is 10.1. The fourth-order valence-electron chi connectivity index (χ4n) is 1.53. The number of nitrogens with zero attached hydrogens (tertiary/aromatic N) is 1. The van der Waals surface area contributed by atoms with Gasteiger partial charge in [-0.2, -0.15) is 13.2 Å². The van der Waals surface area contributed by atoms with Gasteiger partial charge in [-0.05, 0) is 37.5 Å². The molecule has 0 aromatic rings. The number of carbonyl (C=O) groups is 1. The van der Waals surface area contributed by atoms with Crippen LogP contribution in [0.2, 0.25) is 0 Å². The number of carbonyl (C=O) groups excluding carboxylic acids is 1. The highest BCUT2D eigenvalue weighted by molar-refractivity contribution is 6.64. The van der Waals surface area contributed by atoms with Crippen LogP contribution in [0, 0.1) is 5.92 Å². The standard InChI is InChI=1S/C8H11ClF3NO/c9-7(14)6(8(10,11)12)5-13-3-1-2-4-13/h6H,1-5H2/t6-/m1/s1. The molecule has 0 aliphatic carbocycles. The third-order valence-electron chi connectivity index (χ3n) is 2.31. The van der Waals surface area contributed by atoms with Gasteiger partial charge < -0.3 is 4.90 Å². The minimum absolute atomic E-state index is 0.300. The Morgan fingerprint density at radius 3 is 2.21 bits per heavy atom. The van der Waals surface area contributed by atoms with E-state index >= 15 is 0 Å². The zero-order chi connectivity index (χ0) is 10.8. The van der Waals surface area contributed by atoms with Crippen LogP contribution in [0.3, 0.4) is 0 Å². The summed E-state index contributed by atoms with van der Waals surface area (Å²) >= 11 is 4.92. The third kappa shape index (κ3) is 3.13. The van der Waals surface area contributed by atoms with Gasteiger partial charge in [-0.1, -0.05) is 0 Å². The maximum atomic E-state index is 12.3. The van der Waals surface area contributed by atoms with Gasteiger partial charge in [0.15, 0.2) is 0 Å². The maximum Gasteiger partial charge on any atom is 0.401 e. The van der Waals surface area contributed by atoms with Crippen LogP contribution in [0.5, 0.6) is 0 Å². The predicted molar refractivity (Wildman–Crippen MR) is 46.1 cm³/mol. The molecule has 0 aromatic heterocycles. The molecule has 0 unspecified atom stereocenters. The molecule has 1 aliphatic heterocycles. The molecular weight excluding hydrogens is 219 g/mol. The molecule has 0 radical (unpaired) electrons. The van der Waals surface area contributed by atoms with Crippen molar-refractivity contribution >= 4 is 16.8 Å². The summed E-state index contributed by atoms with van der Waals surface area (Å²) in [7, 11) is 0. The van der Waals surface area contributed by atoms with E-state index < -0.39 is 17.3 Å². The molecule has 1 aliphatic rings. The highest BCUT2D eigenvalue weighted by Crippen LogP contribution is 2.29. The van der Waals surface area contributed by atoms with Crippen molar-refractivity contribution in [3.8, 4) is 0 Å². The Balaban J connectivity index is 2.55. The van der Waals surface area contributed by atoms with E-state index in [1.165, 1.54) is 0 Å². The summed E-state index contributed by atoms with van der Waals surface area (Å²) in [6.45, 7) is 0.944. The molecule has 2 nitrogen and oxygen atoms in total. The summed E-state index contributed by atoms with van der Waals surface area (Å²) in [4.78, 5) is 12.2. The van der Waals surface area contributed by atoms with Gasteiger partial charge in [0.2, 0.25) is 5.24 Å². The lowest BCUT2D eigenvalue weighted by Gasteiger charge is -2.22. The van der Waals surface area contributed by atoms with E-state index in [0.717, 1.165) is 12.8 Å². The molecule has 1 atom stereocenters. The molecule has 1 heterocycles. The average Bonchev–Trinajstić information content (AvgIpc) is 2.48. The number of likely N-dealkylation sites (tertiary alicyclic amines) is 1. The molecule has 0 spiro atoms. The zero-order valence-electron chi connectivity index (χ0n) is 7.48. The predicted octanol–water partition coefficient (Wildman–Crippen LogP) is 2.03. The van der Waals surface area contributed by atoms with Gasteiger partial charge in [0.25, 0.3) is 0 Å². The van der Waals surface area contributed by atoms with E-state index in [0.29, 0.717) is 13.1 Å². The van der Waals surface area contributed by atoms with E-state index in [1.54, 1.807) is 4.90 Å². The van der Waals surface area contributed by atoms with Crippen molar-refractivity contribution in [3.63, 3.8) is 0 Å². The molecule has 1 fully saturated rings. The molecule has 6 heteroatoms. The molecule has 0 saturated carbocycles. The Labute approximate surface area is 85.0 Å². The van der Waals surface area contributed by atoms with Gasteiger partial charge in [-0.3, -0.25) is 4.79 Å². The first-order valence-electron chi connectivity index (χ1n) is 4.39. The van der Waals surface area contributed by atoms with Crippen LogP contribution in [0.4, 0.5) is 13.2 Å². The van der Waals surface area contributed by atoms with Crippen LogP contribution in [0.1, 0.15) is 12.8 Å². The van der Waals surface area contributed by atoms with Crippen molar-refractivity contribution in [3.05, 3.63) is 0 Å². The van der Waals surface area contributed by atoms with Crippen molar-refractivity contribution in [2.24, 2.45) is 5.92 Å². The SMILES string of the molecule is O=C(Cl)[C@@H](CN1CCCC1)C(F)(F)F. The van der Waals surface area contributed by atoms with E-state index in [9.17, 15) is 18.0 Å². The van der Waals surface area contributed by atoms with Crippen molar-refractivity contribution in [1.29, 1.82) is 0 Å². The van der Waals surface area contributed by atoms with Crippen molar-refractivity contribution < 1.29 is 18.0 Å². The van der Waals surface area contributed by atoms with E-state index in [1.807, 2.05) is 0 Å². The summed E-state index contributed by atoms with van der Waals surface area (Å²) in [5.41, 5.74) is 0. The van der Waals surface area contributed by atoms with Gasteiger partial charge in [-0.25, -0.2) is 0 Å². The molecule has 14 heavy (non-hydrogen) atoms.